The van der Waals surface area contributed by atoms with Gasteiger partial charge in [0.2, 0.25) is 5.91 Å². The Labute approximate surface area is 128 Å². The van der Waals surface area contributed by atoms with E-state index >= 15 is 0 Å². The fraction of sp³-hybridized carbons (Fsp3) is 0.533. The SMILES string of the molecule is CCc1nc(NC2CCCC(C(N)=O)C2)c2ccsc2n1. The number of carbonyl (C=O) groups excluding carboxylic acids is 1. The molecule has 2 aromatic heterocycles. The summed E-state index contributed by atoms with van der Waals surface area (Å²) in [6.45, 7) is 2.06. The summed E-state index contributed by atoms with van der Waals surface area (Å²) in [5.74, 6) is 1.56. The molecule has 2 aromatic rings. The second-order valence-corrected chi connectivity index (χ2v) is 6.48. The molecule has 5 nitrogen and oxygen atoms in total. The minimum Gasteiger partial charge on any atom is -0.369 e. The number of aromatic nitrogens is 2. The predicted molar refractivity (Wildman–Crippen MR) is 85.4 cm³/mol. The third kappa shape index (κ3) is 3.00. The summed E-state index contributed by atoms with van der Waals surface area (Å²) in [7, 11) is 0. The van der Waals surface area contributed by atoms with Crippen molar-refractivity contribution in [1.29, 1.82) is 0 Å². The van der Waals surface area contributed by atoms with E-state index in [-0.39, 0.29) is 17.9 Å². The first kappa shape index (κ1) is 14.3. The van der Waals surface area contributed by atoms with Gasteiger partial charge in [0.05, 0.1) is 5.39 Å². The molecule has 0 radical (unpaired) electrons. The van der Waals surface area contributed by atoms with Crippen molar-refractivity contribution in [2.75, 3.05) is 5.32 Å². The summed E-state index contributed by atoms with van der Waals surface area (Å²) in [5, 5.41) is 6.62. The van der Waals surface area contributed by atoms with E-state index in [1.54, 1.807) is 11.3 Å². The van der Waals surface area contributed by atoms with E-state index in [1.165, 1.54) is 0 Å². The molecule has 2 heterocycles. The first-order chi connectivity index (χ1) is 10.2. The van der Waals surface area contributed by atoms with Crippen LogP contribution < -0.4 is 11.1 Å². The summed E-state index contributed by atoms with van der Waals surface area (Å²) in [6, 6.07) is 2.31. The van der Waals surface area contributed by atoms with Gasteiger partial charge < -0.3 is 11.1 Å². The van der Waals surface area contributed by atoms with E-state index in [1.807, 2.05) is 5.38 Å². The first-order valence-electron chi connectivity index (χ1n) is 7.47. The monoisotopic (exact) mass is 304 g/mol. The van der Waals surface area contributed by atoms with Crippen molar-refractivity contribution in [2.45, 2.75) is 45.1 Å². The number of nitrogens with zero attached hydrogens (tertiary/aromatic N) is 2. The van der Waals surface area contributed by atoms with Crippen LogP contribution in [0, 0.1) is 5.92 Å². The minimum absolute atomic E-state index is 0.0123. The van der Waals surface area contributed by atoms with E-state index in [4.69, 9.17) is 5.73 Å². The van der Waals surface area contributed by atoms with E-state index < -0.39 is 0 Å². The summed E-state index contributed by atoms with van der Waals surface area (Å²) < 4.78 is 0. The lowest BCUT2D eigenvalue weighted by molar-refractivity contribution is -0.122. The highest BCUT2D eigenvalue weighted by Crippen LogP contribution is 2.30. The van der Waals surface area contributed by atoms with Crippen LogP contribution in [0.2, 0.25) is 0 Å². The quantitative estimate of drug-likeness (QED) is 0.910. The zero-order chi connectivity index (χ0) is 14.8. The number of anilines is 1. The molecule has 0 spiro atoms. The number of hydrogen-bond acceptors (Lipinski definition) is 5. The fourth-order valence-corrected chi connectivity index (χ4v) is 3.72. The second-order valence-electron chi connectivity index (χ2n) is 5.59. The molecule has 112 valence electrons. The number of fused-ring (bicyclic) bond motifs is 1. The molecule has 0 aliphatic heterocycles. The highest BCUT2D eigenvalue weighted by atomic mass is 32.1. The van der Waals surface area contributed by atoms with Crippen LogP contribution in [0.5, 0.6) is 0 Å². The molecule has 0 aromatic carbocycles. The topological polar surface area (TPSA) is 80.9 Å². The van der Waals surface area contributed by atoms with Gasteiger partial charge in [-0.25, -0.2) is 9.97 Å². The molecule has 3 N–H and O–H groups in total. The maximum atomic E-state index is 11.4. The van der Waals surface area contributed by atoms with Gasteiger partial charge in [0.25, 0.3) is 0 Å². The molecule has 1 aliphatic carbocycles. The van der Waals surface area contributed by atoms with Crippen molar-refractivity contribution in [2.24, 2.45) is 11.7 Å². The zero-order valence-corrected chi connectivity index (χ0v) is 12.9. The largest absolute Gasteiger partial charge is 0.369 e. The molecule has 1 amide bonds. The Morgan fingerprint density at radius 2 is 2.33 bits per heavy atom. The third-order valence-corrected chi connectivity index (χ3v) is 4.91. The van der Waals surface area contributed by atoms with Crippen molar-refractivity contribution < 1.29 is 4.79 Å². The van der Waals surface area contributed by atoms with E-state index in [9.17, 15) is 4.79 Å². The Morgan fingerprint density at radius 1 is 1.48 bits per heavy atom. The van der Waals surface area contributed by atoms with Gasteiger partial charge in [0.1, 0.15) is 16.5 Å². The van der Waals surface area contributed by atoms with E-state index in [0.717, 1.165) is 54.0 Å². The number of primary amides is 1. The van der Waals surface area contributed by atoms with Gasteiger partial charge in [-0.15, -0.1) is 11.3 Å². The van der Waals surface area contributed by atoms with E-state index in [0.29, 0.717) is 0 Å². The van der Waals surface area contributed by atoms with Crippen LogP contribution in [0.25, 0.3) is 10.2 Å². The van der Waals surface area contributed by atoms with Crippen LogP contribution in [-0.4, -0.2) is 21.9 Å². The number of carbonyl (C=O) groups is 1. The van der Waals surface area contributed by atoms with Crippen molar-refractivity contribution in [3.05, 3.63) is 17.3 Å². The van der Waals surface area contributed by atoms with Crippen LogP contribution in [-0.2, 0) is 11.2 Å². The molecule has 3 rings (SSSR count). The number of nitrogens with one attached hydrogen (secondary N) is 1. The number of rotatable bonds is 4. The minimum atomic E-state index is -0.181. The lowest BCUT2D eigenvalue weighted by atomic mass is 9.85. The number of hydrogen-bond donors (Lipinski definition) is 2. The molecule has 1 saturated carbocycles. The van der Waals surface area contributed by atoms with Crippen LogP contribution in [0.1, 0.15) is 38.4 Å². The average Bonchev–Trinajstić information content (AvgIpc) is 2.96. The third-order valence-electron chi connectivity index (χ3n) is 4.11. The Hall–Kier alpha value is -1.69. The standard InChI is InChI=1S/C15H20N4OS/c1-2-12-18-14(11-6-7-21-15(11)19-12)17-10-5-3-4-9(8-10)13(16)20/h6-7,9-10H,2-5,8H2,1H3,(H2,16,20)(H,17,18,19). The summed E-state index contributed by atoms with van der Waals surface area (Å²) in [4.78, 5) is 21.6. The number of aryl methyl sites for hydroxylation is 1. The Morgan fingerprint density at radius 3 is 3.10 bits per heavy atom. The fourth-order valence-electron chi connectivity index (χ4n) is 2.94. The second kappa shape index (κ2) is 5.97. The highest BCUT2D eigenvalue weighted by molar-refractivity contribution is 7.16. The molecular formula is C15H20N4OS. The van der Waals surface area contributed by atoms with Crippen LogP contribution in [0.3, 0.4) is 0 Å². The van der Waals surface area contributed by atoms with Crippen molar-refractivity contribution in [3.63, 3.8) is 0 Å². The smallest absolute Gasteiger partial charge is 0.220 e. The molecule has 2 unspecified atom stereocenters. The van der Waals surface area contributed by atoms with Crippen molar-refractivity contribution in [3.8, 4) is 0 Å². The Balaban J connectivity index is 1.83. The van der Waals surface area contributed by atoms with Gasteiger partial charge in [-0.05, 0) is 30.7 Å². The molecule has 0 saturated heterocycles. The maximum Gasteiger partial charge on any atom is 0.220 e. The Kier molecular flexibility index (Phi) is 4.05. The summed E-state index contributed by atoms with van der Waals surface area (Å²) in [5.41, 5.74) is 5.45. The molecule has 1 aliphatic rings. The summed E-state index contributed by atoms with van der Waals surface area (Å²) >= 11 is 1.63. The van der Waals surface area contributed by atoms with Crippen LogP contribution in [0.15, 0.2) is 11.4 Å². The lowest BCUT2D eigenvalue weighted by Crippen LogP contribution is -2.34. The van der Waals surface area contributed by atoms with E-state index in [2.05, 4.69) is 28.3 Å². The maximum absolute atomic E-state index is 11.4. The average molecular weight is 304 g/mol. The Bertz CT molecular complexity index is 654. The predicted octanol–water partition coefficient (Wildman–Crippen LogP) is 2.71. The summed E-state index contributed by atoms with van der Waals surface area (Å²) in [6.07, 6.45) is 4.61. The van der Waals surface area contributed by atoms with Crippen molar-refractivity contribution >= 4 is 33.3 Å². The molecule has 0 bridgehead atoms. The molecule has 2 atom stereocenters. The van der Waals surface area contributed by atoms with Crippen LogP contribution >= 0.6 is 11.3 Å². The normalized spacial score (nSPS) is 22.3. The van der Waals surface area contributed by atoms with Gasteiger partial charge in [0, 0.05) is 18.4 Å². The van der Waals surface area contributed by atoms with Gasteiger partial charge >= 0.3 is 0 Å². The molecule has 1 fully saturated rings. The van der Waals surface area contributed by atoms with Crippen molar-refractivity contribution in [1.82, 2.24) is 9.97 Å². The number of amides is 1. The number of nitrogens with two attached hydrogens (primary N) is 1. The molecule has 21 heavy (non-hydrogen) atoms. The highest BCUT2D eigenvalue weighted by Gasteiger charge is 2.26. The molecule has 6 heteroatoms. The van der Waals surface area contributed by atoms with Gasteiger partial charge in [-0.3, -0.25) is 4.79 Å². The van der Waals surface area contributed by atoms with Gasteiger partial charge in [-0.1, -0.05) is 13.3 Å². The first-order valence-corrected chi connectivity index (χ1v) is 8.35. The lowest BCUT2D eigenvalue weighted by Gasteiger charge is -2.28. The van der Waals surface area contributed by atoms with Crippen LogP contribution in [0.4, 0.5) is 5.82 Å². The van der Waals surface area contributed by atoms with Gasteiger partial charge in [-0.2, -0.15) is 0 Å². The zero-order valence-electron chi connectivity index (χ0n) is 12.1. The number of thiophene rings is 1. The van der Waals surface area contributed by atoms with Gasteiger partial charge in [0.15, 0.2) is 0 Å². The molecular weight excluding hydrogens is 284 g/mol.